The monoisotopic (exact) mass is 401 g/mol. The van der Waals surface area contributed by atoms with Gasteiger partial charge >= 0.3 is 0 Å². The zero-order valence-corrected chi connectivity index (χ0v) is 15.0. The van der Waals surface area contributed by atoms with E-state index in [2.05, 4.69) is 49.3 Å². The second kappa shape index (κ2) is 5.88. The Morgan fingerprint density at radius 1 is 1.10 bits per heavy atom. The number of hydrogen-bond acceptors (Lipinski definition) is 2. The molecule has 1 N–H and O–H groups in total. The first kappa shape index (κ1) is 14.7. The standard InChI is InChI=1S/C16H21Br2NO/c1-20-14-10-13(11(17)9-12(14)18)19-15-5-8-16(15)6-3-2-4-7-16/h9-10,15,19H,2-8H2,1H3. The molecule has 0 saturated heterocycles. The smallest absolute Gasteiger partial charge is 0.135 e. The molecule has 1 spiro atoms. The Balaban J connectivity index is 1.78. The Kier molecular flexibility index (Phi) is 4.32. The molecule has 2 nitrogen and oxygen atoms in total. The lowest BCUT2D eigenvalue weighted by Gasteiger charge is -2.52. The van der Waals surface area contributed by atoms with Gasteiger partial charge in [-0.1, -0.05) is 19.3 Å². The van der Waals surface area contributed by atoms with Gasteiger partial charge in [-0.2, -0.15) is 0 Å². The number of ether oxygens (including phenoxy) is 1. The zero-order valence-electron chi connectivity index (χ0n) is 11.8. The summed E-state index contributed by atoms with van der Waals surface area (Å²) in [6.45, 7) is 0. The molecule has 1 unspecified atom stereocenters. The third kappa shape index (κ3) is 2.61. The highest BCUT2D eigenvalue weighted by Crippen LogP contribution is 2.53. The molecule has 0 bridgehead atoms. The molecule has 0 radical (unpaired) electrons. The Labute approximate surface area is 137 Å². The topological polar surface area (TPSA) is 21.3 Å². The molecule has 110 valence electrons. The fraction of sp³-hybridized carbons (Fsp3) is 0.625. The summed E-state index contributed by atoms with van der Waals surface area (Å²) in [5.41, 5.74) is 1.72. The summed E-state index contributed by atoms with van der Waals surface area (Å²) in [6, 6.07) is 4.78. The molecule has 2 fully saturated rings. The number of rotatable bonds is 3. The van der Waals surface area contributed by atoms with Gasteiger partial charge in [-0.05, 0) is 69.0 Å². The van der Waals surface area contributed by atoms with Crippen molar-refractivity contribution >= 4 is 37.5 Å². The van der Waals surface area contributed by atoms with Crippen molar-refractivity contribution in [3.63, 3.8) is 0 Å². The van der Waals surface area contributed by atoms with Crippen molar-refractivity contribution < 1.29 is 4.74 Å². The lowest BCUT2D eigenvalue weighted by molar-refractivity contribution is 0.0571. The van der Waals surface area contributed by atoms with Gasteiger partial charge < -0.3 is 10.1 Å². The van der Waals surface area contributed by atoms with Crippen molar-refractivity contribution in [2.24, 2.45) is 5.41 Å². The Morgan fingerprint density at radius 3 is 2.45 bits per heavy atom. The largest absolute Gasteiger partial charge is 0.495 e. The quantitative estimate of drug-likeness (QED) is 0.695. The van der Waals surface area contributed by atoms with Crippen molar-refractivity contribution in [1.82, 2.24) is 0 Å². The summed E-state index contributed by atoms with van der Waals surface area (Å²) in [7, 11) is 1.71. The summed E-state index contributed by atoms with van der Waals surface area (Å²) in [4.78, 5) is 0. The summed E-state index contributed by atoms with van der Waals surface area (Å²) in [6.07, 6.45) is 9.73. The van der Waals surface area contributed by atoms with Gasteiger partial charge in [0.15, 0.2) is 0 Å². The second-order valence-electron chi connectivity index (χ2n) is 6.13. The highest BCUT2D eigenvalue weighted by atomic mass is 79.9. The van der Waals surface area contributed by atoms with Crippen LogP contribution in [0.15, 0.2) is 21.1 Å². The lowest BCUT2D eigenvalue weighted by Crippen LogP contribution is -2.50. The molecule has 20 heavy (non-hydrogen) atoms. The highest BCUT2D eigenvalue weighted by molar-refractivity contribution is 9.11. The van der Waals surface area contributed by atoms with Gasteiger partial charge in [0.05, 0.1) is 17.3 Å². The van der Waals surface area contributed by atoms with Crippen LogP contribution in [-0.4, -0.2) is 13.2 Å². The van der Waals surface area contributed by atoms with Crippen molar-refractivity contribution in [3.8, 4) is 5.75 Å². The molecule has 2 saturated carbocycles. The molecule has 0 heterocycles. The van der Waals surface area contributed by atoms with Crippen LogP contribution in [0.5, 0.6) is 5.75 Å². The van der Waals surface area contributed by atoms with Gasteiger partial charge in [0.25, 0.3) is 0 Å². The van der Waals surface area contributed by atoms with Crippen LogP contribution in [0.3, 0.4) is 0 Å². The van der Waals surface area contributed by atoms with E-state index in [1.165, 1.54) is 44.9 Å². The number of hydrogen-bond donors (Lipinski definition) is 1. The van der Waals surface area contributed by atoms with Crippen LogP contribution >= 0.6 is 31.9 Å². The maximum atomic E-state index is 5.40. The Morgan fingerprint density at radius 2 is 1.85 bits per heavy atom. The van der Waals surface area contributed by atoms with Crippen LogP contribution in [0.25, 0.3) is 0 Å². The molecule has 1 aromatic carbocycles. The summed E-state index contributed by atoms with van der Waals surface area (Å²) in [5.74, 6) is 0.882. The maximum absolute atomic E-state index is 5.40. The average Bonchev–Trinajstić information content (AvgIpc) is 2.46. The number of methoxy groups -OCH3 is 1. The van der Waals surface area contributed by atoms with E-state index in [1.807, 2.05) is 0 Å². The normalized spacial score (nSPS) is 24.2. The highest BCUT2D eigenvalue weighted by Gasteiger charge is 2.46. The average molecular weight is 403 g/mol. The molecule has 4 heteroatoms. The van der Waals surface area contributed by atoms with E-state index in [-0.39, 0.29) is 0 Å². The van der Waals surface area contributed by atoms with Crippen LogP contribution in [0, 0.1) is 5.41 Å². The van der Waals surface area contributed by atoms with Crippen molar-refractivity contribution in [2.45, 2.75) is 51.0 Å². The van der Waals surface area contributed by atoms with Gasteiger partial charge in [-0.25, -0.2) is 0 Å². The summed E-state index contributed by atoms with van der Waals surface area (Å²) < 4.78 is 7.49. The van der Waals surface area contributed by atoms with Gasteiger partial charge in [-0.3, -0.25) is 0 Å². The van der Waals surface area contributed by atoms with Crippen LogP contribution in [0.4, 0.5) is 5.69 Å². The predicted octanol–water partition coefficient (Wildman–Crippen LogP) is 5.75. The SMILES string of the molecule is COc1cc(NC2CCC23CCCCC3)c(Br)cc1Br. The van der Waals surface area contributed by atoms with Crippen LogP contribution in [0.1, 0.15) is 44.9 Å². The molecule has 1 aromatic rings. The number of halogens is 2. The molecule has 1 atom stereocenters. The summed E-state index contributed by atoms with van der Waals surface area (Å²) >= 11 is 7.18. The van der Waals surface area contributed by atoms with E-state index in [1.54, 1.807) is 7.11 Å². The fourth-order valence-electron chi connectivity index (χ4n) is 3.76. The van der Waals surface area contributed by atoms with Crippen molar-refractivity contribution in [3.05, 3.63) is 21.1 Å². The molecule has 0 amide bonds. The second-order valence-corrected chi connectivity index (χ2v) is 7.83. The fourth-order valence-corrected chi connectivity index (χ4v) is 5.03. The minimum absolute atomic E-state index is 0.567. The van der Waals surface area contributed by atoms with E-state index < -0.39 is 0 Å². The molecular weight excluding hydrogens is 382 g/mol. The molecule has 0 aromatic heterocycles. The van der Waals surface area contributed by atoms with Gasteiger partial charge in [0.2, 0.25) is 0 Å². The van der Waals surface area contributed by atoms with Crippen LogP contribution in [0.2, 0.25) is 0 Å². The first-order valence-electron chi connectivity index (χ1n) is 7.44. The van der Waals surface area contributed by atoms with Gasteiger partial charge in [-0.15, -0.1) is 0 Å². The minimum atomic E-state index is 0.567. The van der Waals surface area contributed by atoms with E-state index >= 15 is 0 Å². The number of benzene rings is 1. The molecular formula is C16H21Br2NO. The van der Waals surface area contributed by atoms with E-state index in [4.69, 9.17) is 4.74 Å². The number of anilines is 1. The third-order valence-corrected chi connectivity index (χ3v) is 6.37. The van der Waals surface area contributed by atoms with Gasteiger partial charge in [0, 0.05) is 16.6 Å². The van der Waals surface area contributed by atoms with Crippen molar-refractivity contribution in [1.29, 1.82) is 0 Å². The summed E-state index contributed by atoms with van der Waals surface area (Å²) in [5, 5.41) is 3.76. The Hall–Kier alpha value is -0.220. The molecule has 2 aliphatic carbocycles. The first-order chi connectivity index (χ1) is 9.64. The van der Waals surface area contributed by atoms with Crippen LogP contribution < -0.4 is 10.1 Å². The van der Waals surface area contributed by atoms with Crippen molar-refractivity contribution in [2.75, 3.05) is 12.4 Å². The molecule has 2 aliphatic rings. The predicted molar refractivity (Wildman–Crippen MR) is 90.6 cm³/mol. The van der Waals surface area contributed by atoms with E-state index in [0.717, 1.165) is 20.4 Å². The first-order valence-corrected chi connectivity index (χ1v) is 9.03. The van der Waals surface area contributed by atoms with Gasteiger partial charge in [0.1, 0.15) is 5.75 Å². The maximum Gasteiger partial charge on any atom is 0.135 e. The van der Waals surface area contributed by atoms with E-state index in [0.29, 0.717) is 11.5 Å². The van der Waals surface area contributed by atoms with E-state index in [9.17, 15) is 0 Å². The molecule has 0 aliphatic heterocycles. The van der Waals surface area contributed by atoms with Crippen LogP contribution in [-0.2, 0) is 0 Å². The lowest BCUT2D eigenvalue weighted by atomic mass is 9.57. The molecule has 3 rings (SSSR count). The number of nitrogens with one attached hydrogen (secondary N) is 1. The third-order valence-electron chi connectivity index (χ3n) is 5.09. The zero-order chi connectivity index (χ0) is 14.2. The minimum Gasteiger partial charge on any atom is -0.495 e. The Bertz CT molecular complexity index is 497.